The summed E-state index contributed by atoms with van der Waals surface area (Å²) in [5.41, 5.74) is 0.124. The highest BCUT2D eigenvalue weighted by Crippen LogP contribution is 2.18. The van der Waals surface area contributed by atoms with Crippen LogP contribution < -0.4 is 11.2 Å². The summed E-state index contributed by atoms with van der Waals surface area (Å²) in [5, 5.41) is 8.81. The predicted octanol–water partition coefficient (Wildman–Crippen LogP) is 1.47. The molecule has 0 fully saturated rings. The van der Waals surface area contributed by atoms with Gasteiger partial charge in [0.15, 0.2) is 0 Å². The van der Waals surface area contributed by atoms with Crippen LogP contribution in [0.25, 0.3) is 5.69 Å². The van der Waals surface area contributed by atoms with Crippen LogP contribution in [0.15, 0.2) is 38.5 Å². The number of benzene rings is 1. The minimum Gasteiger partial charge on any atom is -0.273 e. The fourth-order valence-electron chi connectivity index (χ4n) is 1.57. The summed E-state index contributed by atoms with van der Waals surface area (Å²) >= 11 is 3.32. The normalized spacial score (nSPS) is 10.1. The monoisotopic (exact) mass is 305 g/mol. The number of H-pyrrole nitrogens is 1. The van der Waals surface area contributed by atoms with E-state index in [2.05, 4.69) is 20.9 Å². The summed E-state index contributed by atoms with van der Waals surface area (Å²) in [4.78, 5) is 25.2. The first-order chi connectivity index (χ1) is 8.52. The van der Waals surface area contributed by atoms with Gasteiger partial charge in [0.1, 0.15) is 11.6 Å². The Morgan fingerprint density at radius 1 is 1.39 bits per heavy atom. The largest absolute Gasteiger partial charge is 0.332 e. The van der Waals surface area contributed by atoms with E-state index < -0.39 is 11.2 Å². The Morgan fingerprint density at radius 2 is 2.11 bits per heavy atom. The summed E-state index contributed by atoms with van der Waals surface area (Å²) in [6.07, 6.45) is 1.25. The molecule has 6 heteroatoms. The first-order valence-corrected chi connectivity index (χ1v) is 5.85. The van der Waals surface area contributed by atoms with E-state index in [1.54, 1.807) is 12.1 Å². The molecule has 1 N–H and O–H groups in total. The number of rotatable bonds is 1. The van der Waals surface area contributed by atoms with Crippen LogP contribution in [0.2, 0.25) is 0 Å². The second-order valence-electron chi connectivity index (χ2n) is 3.71. The maximum Gasteiger partial charge on any atom is 0.332 e. The minimum atomic E-state index is -0.675. The molecule has 2 aromatic rings. The third-order valence-corrected chi connectivity index (χ3v) is 2.99. The van der Waals surface area contributed by atoms with Gasteiger partial charge in [-0.2, -0.15) is 5.26 Å². The number of hydrogen-bond acceptors (Lipinski definition) is 3. The van der Waals surface area contributed by atoms with Gasteiger partial charge in [0.2, 0.25) is 0 Å². The number of hydrogen-bond donors (Lipinski definition) is 1. The van der Waals surface area contributed by atoms with E-state index in [1.165, 1.54) is 10.8 Å². The van der Waals surface area contributed by atoms with Crippen molar-refractivity contribution in [3.63, 3.8) is 0 Å². The van der Waals surface area contributed by atoms with Crippen LogP contribution in [0.3, 0.4) is 0 Å². The molecule has 0 aliphatic heterocycles. The molecule has 0 amide bonds. The maximum absolute atomic E-state index is 11.8. The number of nitriles is 1. The van der Waals surface area contributed by atoms with Gasteiger partial charge in [0.05, 0.1) is 5.69 Å². The van der Waals surface area contributed by atoms with Gasteiger partial charge in [-0.15, -0.1) is 0 Å². The zero-order valence-electron chi connectivity index (χ0n) is 9.40. The van der Waals surface area contributed by atoms with Crippen LogP contribution in [0.1, 0.15) is 11.1 Å². The van der Waals surface area contributed by atoms with Crippen LogP contribution in [-0.4, -0.2) is 9.55 Å². The van der Waals surface area contributed by atoms with Gasteiger partial charge in [-0.05, 0) is 24.6 Å². The van der Waals surface area contributed by atoms with Crippen molar-refractivity contribution in [3.8, 4) is 11.8 Å². The first kappa shape index (κ1) is 12.3. The lowest BCUT2D eigenvalue weighted by Gasteiger charge is -2.09. The molecule has 2 rings (SSSR count). The molecule has 0 aliphatic carbocycles. The van der Waals surface area contributed by atoms with Gasteiger partial charge < -0.3 is 0 Å². The zero-order chi connectivity index (χ0) is 13.3. The average molecular weight is 306 g/mol. The fourth-order valence-corrected chi connectivity index (χ4v) is 1.92. The lowest BCUT2D eigenvalue weighted by molar-refractivity contribution is 0.882. The smallest absolute Gasteiger partial charge is 0.273 e. The third-order valence-electron chi connectivity index (χ3n) is 2.49. The molecule has 0 unspecified atom stereocenters. The van der Waals surface area contributed by atoms with E-state index >= 15 is 0 Å². The molecule has 5 nitrogen and oxygen atoms in total. The van der Waals surface area contributed by atoms with Crippen LogP contribution in [0.5, 0.6) is 0 Å². The van der Waals surface area contributed by atoms with Crippen LogP contribution in [0, 0.1) is 18.3 Å². The molecule has 1 aromatic carbocycles. The van der Waals surface area contributed by atoms with Crippen molar-refractivity contribution in [2.24, 2.45) is 0 Å². The lowest BCUT2D eigenvalue weighted by Crippen LogP contribution is -2.30. The Labute approximate surface area is 110 Å². The van der Waals surface area contributed by atoms with Crippen LogP contribution in [0.4, 0.5) is 0 Å². The molecule has 0 spiro atoms. The number of aromatic amines is 1. The quantitative estimate of drug-likeness (QED) is 0.866. The second kappa shape index (κ2) is 4.63. The summed E-state index contributed by atoms with van der Waals surface area (Å²) in [5.74, 6) is 0. The molecule has 1 aromatic heterocycles. The van der Waals surface area contributed by atoms with Crippen LogP contribution >= 0.6 is 15.9 Å². The second-order valence-corrected chi connectivity index (χ2v) is 4.63. The molecular weight excluding hydrogens is 298 g/mol. The van der Waals surface area contributed by atoms with Gasteiger partial charge in [0, 0.05) is 10.7 Å². The molecule has 1 heterocycles. The molecule has 0 bridgehead atoms. The molecular formula is C12H8BrN3O2. The SMILES string of the molecule is Cc1ccc(Br)cc1-n1cc(C#N)c(=O)[nH]c1=O. The standard InChI is InChI=1S/C12H8BrN3O2/c1-7-2-3-9(13)4-10(7)16-6-8(5-14)11(17)15-12(16)18/h2-4,6H,1H3,(H,15,17,18). The van der Waals surface area contributed by atoms with Gasteiger partial charge in [-0.25, -0.2) is 4.79 Å². The molecule has 0 saturated carbocycles. The minimum absolute atomic E-state index is 0.103. The molecule has 0 radical (unpaired) electrons. The average Bonchev–Trinajstić information content (AvgIpc) is 2.33. The van der Waals surface area contributed by atoms with Crippen molar-refractivity contribution in [2.45, 2.75) is 6.92 Å². The van der Waals surface area contributed by atoms with Crippen molar-refractivity contribution in [2.75, 3.05) is 0 Å². The summed E-state index contributed by atoms with van der Waals surface area (Å²) in [6, 6.07) is 7.18. The Hall–Kier alpha value is -2.13. The summed E-state index contributed by atoms with van der Waals surface area (Å²) < 4.78 is 2.06. The molecule has 0 atom stereocenters. The highest BCUT2D eigenvalue weighted by Gasteiger charge is 2.08. The Kier molecular flexibility index (Phi) is 3.17. The molecule has 90 valence electrons. The lowest BCUT2D eigenvalue weighted by atomic mass is 10.2. The Bertz CT molecular complexity index is 768. The van der Waals surface area contributed by atoms with E-state index in [4.69, 9.17) is 5.26 Å². The highest BCUT2D eigenvalue weighted by molar-refractivity contribution is 9.10. The fraction of sp³-hybridized carbons (Fsp3) is 0.0833. The van der Waals surface area contributed by atoms with E-state index in [0.717, 1.165) is 10.0 Å². The number of nitrogens with one attached hydrogen (secondary N) is 1. The maximum atomic E-state index is 11.8. The molecule has 0 aliphatic rings. The van der Waals surface area contributed by atoms with Crippen molar-refractivity contribution in [1.29, 1.82) is 5.26 Å². The number of aromatic nitrogens is 2. The van der Waals surface area contributed by atoms with E-state index in [1.807, 2.05) is 19.1 Å². The van der Waals surface area contributed by atoms with Crippen molar-refractivity contribution < 1.29 is 0 Å². The molecule has 0 saturated heterocycles. The van der Waals surface area contributed by atoms with Gasteiger partial charge >= 0.3 is 5.69 Å². The Morgan fingerprint density at radius 3 is 2.78 bits per heavy atom. The Balaban J connectivity index is 2.80. The van der Waals surface area contributed by atoms with Gasteiger partial charge in [-0.1, -0.05) is 22.0 Å². The van der Waals surface area contributed by atoms with E-state index in [9.17, 15) is 9.59 Å². The zero-order valence-corrected chi connectivity index (χ0v) is 11.0. The number of halogens is 1. The predicted molar refractivity (Wildman–Crippen MR) is 69.8 cm³/mol. The molecule has 18 heavy (non-hydrogen) atoms. The van der Waals surface area contributed by atoms with Crippen molar-refractivity contribution >= 4 is 15.9 Å². The first-order valence-electron chi connectivity index (χ1n) is 5.05. The number of nitrogens with zero attached hydrogens (tertiary/aromatic N) is 2. The van der Waals surface area contributed by atoms with Crippen molar-refractivity contribution in [3.05, 3.63) is 60.8 Å². The summed E-state index contributed by atoms with van der Waals surface area (Å²) in [7, 11) is 0. The number of aryl methyl sites for hydroxylation is 1. The highest BCUT2D eigenvalue weighted by atomic mass is 79.9. The van der Waals surface area contributed by atoms with E-state index in [-0.39, 0.29) is 5.56 Å². The van der Waals surface area contributed by atoms with Gasteiger partial charge in [-0.3, -0.25) is 14.3 Å². The third kappa shape index (κ3) is 2.13. The van der Waals surface area contributed by atoms with Crippen LogP contribution in [-0.2, 0) is 0 Å². The topological polar surface area (TPSA) is 78.7 Å². The van der Waals surface area contributed by atoms with E-state index in [0.29, 0.717) is 5.69 Å². The summed E-state index contributed by atoms with van der Waals surface area (Å²) in [6.45, 7) is 1.84. The van der Waals surface area contributed by atoms with Gasteiger partial charge in [0.25, 0.3) is 5.56 Å². The van der Waals surface area contributed by atoms with Crippen molar-refractivity contribution in [1.82, 2.24) is 9.55 Å².